The number of piperazine rings is 1. The molecule has 22 heavy (non-hydrogen) atoms. The normalized spacial score (nSPS) is 21.3. The minimum Gasteiger partial charge on any atom is -0.347 e. The zero-order chi connectivity index (χ0) is 15.9. The third-order valence-corrected chi connectivity index (χ3v) is 7.15. The molecule has 120 valence electrons. The lowest BCUT2D eigenvalue weighted by molar-refractivity contribution is 0.142. The Labute approximate surface area is 134 Å². The second-order valence-electron chi connectivity index (χ2n) is 5.61. The summed E-state index contributed by atoms with van der Waals surface area (Å²) in [6.45, 7) is 5.41. The number of thiophene rings is 1. The summed E-state index contributed by atoms with van der Waals surface area (Å²) in [6, 6.07) is 1.73. The van der Waals surface area contributed by atoms with Crippen molar-refractivity contribution < 1.29 is 8.42 Å². The van der Waals surface area contributed by atoms with Crippen LogP contribution in [-0.2, 0) is 10.0 Å². The number of hydrogen-bond donors (Lipinski definition) is 1. The van der Waals surface area contributed by atoms with Gasteiger partial charge in [-0.15, -0.1) is 11.3 Å². The number of aryl methyl sites for hydroxylation is 2. The lowest BCUT2D eigenvalue weighted by Crippen LogP contribution is -2.49. The van der Waals surface area contributed by atoms with E-state index in [1.807, 2.05) is 20.9 Å². The number of sulfonamides is 1. The van der Waals surface area contributed by atoms with Gasteiger partial charge in [-0.1, -0.05) is 0 Å². The first-order valence-electron chi connectivity index (χ1n) is 7.16. The number of likely N-dealkylation sites (N-methyl/N-ethyl adjacent to an activating group) is 1. The fraction of sp³-hybridized carbons (Fsp3) is 0.500. The number of imidazole rings is 1. The summed E-state index contributed by atoms with van der Waals surface area (Å²) in [7, 11) is -1.45. The minimum absolute atomic E-state index is 0.0430. The number of rotatable bonds is 3. The highest BCUT2D eigenvalue weighted by Gasteiger charge is 2.35. The average molecular weight is 340 g/mol. The van der Waals surface area contributed by atoms with Gasteiger partial charge in [0.1, 0.15) is 5.82 Å². The Balaban J connectivity index is 1.90. The largest absolute Gasteiger partial charge is 0.347 e. The van der Waals surface area contributed by atoms with Gasteiger partial charge in [0.25, 0.3) is 0 Å². The molecule has 0 unspecified atom stereocenters. The van der Waals surface area contributed by atoms with Crippen molar-refractivity contribution in [2.75, 3.05) is 26.7 Å². The molecule has 0 amide bonds. The maximum absolute atomic E-state index is 12.9. The van der Waals surface area contributed by atoms with Crippen LogP contribution in [0, 0.1) is 13.8 Å². The van der Waals surface area contributed by atoms with Crippen molar-refractivity contribution in [3.63, 3.8) is 0 Å². The molecule has 1 fully saturated rings. The van der Waals surface area contributed by atoms with Gasteiger partial charge in [-0.3, -0.25) is 4.90 Å². The molecule has 3 heterocycles. The van der Waals surface area contributed by atoms with Crippen molar-refractivity contribution >= 4 is 21.4 Å². The Morgan fingerprint density at radius 3 is 2.73 bits per heavy atom. The Kier molecular flexibility index (Phi) is 4.11. The summed E-state index contributed by atoms with van der Waals surface area (Å²) in [5.41, 5.74) is 0. The van der Waals surface area contributed by atoms with E-state index < -0.39 is 10.0 Å². The molecule has 0 saturated carbocycles. The molecule has 1 aliphatic rings. The van der Waals surface area contributed by atoms with Crippen LogP contribution < -0.4 is 0 Å². The molecule has 6 nitrogen and oxygen atoms in total. The highest BCUT2D eigenvalue weighted by atomic mass is 32.2. The lowest BCUT2D eigenvalue weighted by Gasteiger charge is -2.37. The summed E-state index contributed by atoms with van der Waals surface area (Å²) in [5, 5.41) is 0. The number of nitrogens with one attached hydrogen (secondary N) is 1. The van der Waals surface area contributed by atoms with Gasteiger partial charge in [0.15, 0.2) is 0 Å². The van der Waals surface area contributed by atoms with Gasteiger partial charge < -0.3 is 4.98 Å². The number of hydrogen-bond acceptors (Lipinski definition) is 5. The van der Waals surface area contributed by atoms with Gasteiger partial charge >= 0.3 is 0 Å². The number of H-pyrrole nitrogens is 1. The Bertz CT molecular complexity index is 752. The lowest BCUT2D eigenvalue weighted by atomic mass is 10.2. The highest BCUT2D eigenvalue weighted by Crippen LogP contribution is 2.31. The monoisotopic (exact) mass is 340 g/mol. The summed E-state index contributed by atoms with van der Waals surface area (Å²) in [6.07, 6.45) is 3.46. The molecule has 3 rings (SSSR count). The first kappa shape index (κ1) is 15.7. The zero-order valence-electron chi connectivity index (χ0n) is 12.9. The van der Waals surface area contributed by atoms with E-state index in [2.05, 4.69) is 14.9 Å². The van der Waals surface area contributed by atoms with Gasteiger partial charge in [0.2, 0.25) is 10.0 Å². The standard InChI is InChI=1S/C14H20N4O2S2/c1-10-8-13(11(2)21-10)22(19,20)18-7-6-17(3)12(9-18)14-15-4-5-16-14/h4-5,8,12H,6-7,9H2,1-3H3,(H,15,16)/t12-/m0/s1. The topological polar surface area (TPSA) is 69.3 Å². The molecule has 1 N–H and O–H groups in total. The van der Waals surface area contributed by atoms with Crippen LogP contribution in [0.4, 0.5) is 0 Å². The first-order chi connectivity index (χ1) is 10.4. The van der Waals surface area contributed by atoms with Gasteiger partial charge in [-0.25, -0.2) is 13.4 Å². The highest BCUT2D eigenvalue weighted by molar-refractivity contribution is 7.89. The van der Waals surface area contributed by atoms with Crippen molar-refractivity contribution in [1.29, 1.82) is 0 Å². The summed E-state index contributed by atoms with van der Waals surface area (Å²) in [4.78, 5) is 11.8. The molecule has 2 aromatic rings. The molecule has 0 aliphatic carbocycles. The van der Waals surface area contributed by atoms with Crippen LogP contribution in [-0.4, -0.2) is 54.3 Å². The summed E-state index contributed by atoms with van der Waals surface area (Å²) < 4.78 is 27.4. The van der Waals surface area contributed by atoms with Crippen molar-refractivity contribution in [1.82, 2.24) is 19.2 Å². The molecular weight excluding hydrogens is 320 g/mol. The van der Waals surface area contributed by atoms with Crippen molar-refractivity contribution in [2.45, 2.75) is 24.8 Å². The molecule has 2 aromatic heterocycles. The molecule has 0 radical (unpaired) electrons. The van der Waals surface area contributed by atoms with Gasteiger partial charge in [-0.05, 0) is 27.0 Å². The molecule has 1 saturated heterocycles. The van der Waals surface area contributed by atoms with Crippen LogP contribution in [0.15, 0.2) is 23.4 Å². The third-order valence-electron chi connectivity index (χ3n) is 4.06. The molecule has 8 heteroatoms. The minimum atomic E-state index is -3.44. The maximum atomic E-state index is 12.9. The van der Waals surface area contributed by atoms with Crippen LogP contribution in [0.5, 0.6) is 0 Å². The second kappa shape index (κ2) is 5.77. The van der Waals surface area contributed by atoms with E-state index in [0.29, 0.717) is 24.5 Å². The van der Waals surface area contributed by atoms with Crippen LogP contribution in [0.3, 0.4) is 0 Å². The van der Waals surface area contributed by atoms with E-state index in [9.17, 15) is 8.42 Å². The van der Waals surface area contributed by atoms with E-state index in [1.54, 1.807) is 22.8 Å². The van der Waals surface area contributed by atoms with Crippen LogP contribution in [0.1, 0.15) is 21.6 Å². The first-order valence-corrected chi connectivity index (χ1v) is 9.42. The van der Waals surface area contributed by atoms with Crippen LogP contribution in [0.2, 0.25) is 0 Å². The number of nitrogens with zero attached hydrogens (tertiary/aromatic N) is 3. The molecule has 0 bridgehead atoms. The molecule has 0 spiro atoms. The molecule has 0 aromatic carbocycles. The average Bonchev–Trinajstić information content (AvgIpc) is 3.09. The fourth-order valence-corrected chi connectivity index (χ4v) is 5.79. The fourth-order valence-electron chi connectivity index (χ4n) is 2.82. The number of aromatic amines is 1. The second-order valence-corrected chi connectivity index (χ2v) is 8.98. The van der Waals surface area contributed by atoms with Crippen LogP contribution >= 0.6 is 11.3 Å². The SMILES string of the molecule is Cc1cc(S(=O)(=O)N2CCN(C)[C@H](c3ncc[nH]3)C2)c(C)s1. The molecule has 1 aliphatic heterocycles. The van der Waals surface area contributed by atoms with E-state index in [1.165, 1.54) is 11.3 Å². The van der Waals surface area contributed by atoms with Gasteiger partial charge in [0.05, 0.1) is 10.9 Å². The Morgan fingerprint density at radius 2 is 2.14 bits per heavy atom. The predicted octanol–water partition coefficient (Wildman–Crippen LogP) is 1.77. The van der Waals surface area contributed by atoms with Gasteiger partial charge in [-0.2, -0.15) is 4.31 Å². The van der Waals surface area contributed by atoms with E-state index >= 15 is 0 Å². The Hall–Kier alpha value is -1.22. The van der Waals surface area contributed by atoms with E-state index in [-0.39, 0.29) is 6.04 Å². The summed E-state index contributed by atoms with van der Waals surface area (Å²) in [5.74, 6) is 0.806. The summed E-state index contributed by atoms with van der Waals surface area (Å²) >= 11 is 1.52. The smallest absolute Gasteiger partial charge is 0.244 e. The van der Waals surface area contributed by atoms with Gasteiger partial charge in [0, 0.05) is 41.8 Å². The van der Waals surface area contributed by atoms with E-state index in [4.69, 9.17) is 0 Å². The number of aromatic nitrogens is 2. The predicted molar refractivity (Wildman–Crippen MR) is 86.5 cm³/mol. The zero-order valence-corrected chi connectivity index (χ0v) is 14.5. The van der Waals surface area contributed by atoms with E-state index in [0.717, 1.165) is 15.6 Å². The third kappa shape index (κ3) is 2.71. The van der Waals surface area contributed by atoms with Crippen molar-refractivity contribution in [2.24, 2.45) is 0 Å². The molecular formula is C14H20N4O2S2. The Morgan fingerprint density at radius 1 is 1.36 bits per heavy atom. The van der Waals surface area contributed by atoms with Crippen molar-refractivity contribution in [3.05, 3.63) is 34.0 Å². The quantitative estimate of drug-likeness (QED) is 0.924. The van der Waals surface area contributed by atoms with Crippen molar-refractivity contribution in [3.8, 4) is 0 Å². The molecule has 1 atom stereocenters. The van der Waals surface area contributed by atoms with Crippen LogP contribution in [0.25, 0.3) is 0 Å². The maximum Gasteiger partial charge on any atom is 0.244 e.